The first-order valence-electron chi connectivity index (χ1n) is 11.5. The number of rotatable bonds is 7. The molecule has 0 fully saturated rings. The van der Waals surface area contributed by atoms with Gasteiger partial charge in [-0.2, -0.15) is 0 Å². The van der Waals surface area contributed by atoms with Gasteiger partial charge in [0.05, 0.1) is 0 Å². The zero-order valence-electron chi connectivity index (χ0n) is 19.1. The van der Waals surface area contributed by atoms with Crippen molar-refractivity contribution in [2.24, 2.45) is 0 Å². The van der Waals surface area contributed by atoms with Gasteiger partial charge in [0.2, 0.25) is 0 Å². The molecule has 0 heterocycles. The molecule has 0 amide bonds. The van der Waals surface area contributed by atoms with Crippen molar-refractivity contribution in [3.63, 3.8) is 0 Å². The quantitative estimate of drug-likeness (QED) is 0.208. The molecule has 0 atom stereocenters. The zero-order chi connectivity index (χ0) is 24.2. The number of halogens is 2. The molecule has 0 aliphatic rings. The zero-order valence-corrected chi connectivity index (χ0v) is 20.7. The molecule has 0 unspecified atom stereocenters. The van der Waals surface area contributed by atoms with Crippen LogP contribution in [0.15, 0.2) is 140 Å². The third-order valence-electron chi connectivity index (χ3n) is 6.33. The topological polar surface area (TPSA) is 9.23 Å². The fourth-order valence-corrected chi connectivity index (χ4v) is 10.8. The van der Waals surface area contributed by atoms with Crippen molar-refractivity contribution in [3.8, 4) is 11.5 Å². The monoisotopic (exact) mass is 498 g/mol. The predicted molar refractivity (Wildman–Crippen MR) is 148 cm³/mol. The summed E-state index contributed by atoms with van der Waals surface area (Å²) in [6.07, 6.45) is 0.511. The van der Waals surface area contributed by atoms with Gasteiger partial charge in [-0.05, 0) is 0 Å². The van der Waals surface area contributed by atoms with Gasteiger partial charge < -0.3 is 0 Å². The molecule has 0 bridgehead atoms. The molecule has 0 aliphatic carbocycles. The maximum absolute atomic E-state index is 14.8. The number of ether oxygens (including phenoxy) is 1. The molecule has 0 radical (unpaired) electrons. The maximum atomic E-state index is 14.8. The molecule has 0 aliphatic heterocycles. The Morgan fingerprint density at radius 2 is 1.00 bits per heavy atom. The molecule has 0 spiro atoms. The molecule has 5 aromatic rings. The van der Waals surface area contributed by atoms with E-state index in [4.69, 9.17) is 16.0 Å². The molecule has 4 heteroatoms. The Morgan fingerprint density at radius 1 is 0.571 bits per heavy atom. The fraction of sp³-hybridized carbons (Fsp3) is 0.0323. The van der Waals surface area contributed by atoms with Crippen molar-refractivity contribution in [1.29, 1.82) is 0 Å². The standard InChI is InChI=1S/C31H25ClFOP/c32-35(27-15-7-2-8-16-27,28-17-9-3-10-18-28,29-19-11-4-12-20-29)24-25-21-22-30(33)31(23-25)34-26-13-5-1-6-14-26/h1-23H,24H2. The van der Waals surface area contributed by atoms with E-state index in [-0.39, 0.29) is 5.75 Å². The Bertz CT molecular complexity index is 1310. The van der Waals surface area contributed by atoms with Crippen molar-refractivity contribution in [3.05, 3.63) is 151 Å². The summed E-state index contributed by atoms with van der Waals surface area (Å²) in [6, 6.07) is 45.1. The first-order chi connectivity index (χ1) is 17.1. The third-order valence-corrected chi connectivity index (χ3v) is 13.5. The van der Waals surface area contributed by atoms with Crippen LogP contribution in [0.25, 0.3) is 0 Å². The average molecular weight is 499 g/mol. The molecule has 5 rings (SSSR count). The summed E-state index contributed by atoms with van der Waals surface area (Å²) in [7, 11) is 0. The van der Waals surface area contributed by atoms with Crippen molar-refractivity contribution in [1.82, 2.24) is 0 Å². The van der Waals surface area contributed by atoms with Crippen molar-refractivity contribution >= 4 is 33.1 Å². The minimum absolute atomic E-state index is 0.185. The van der Waals surface area contributed by atoms with E-state index in [2.05, 4.69) is 36.4 Å². The van der Waals surface area contributed by atoms with E-state index in [1.54, 1.807) is 6.07 Å². The first-order valence-corrected chi connectivity index (χ1v) is 14.8. The van der Waals surface area contributed by atoms with E-state index >= 15 is 0 Å². The first kappa shape index (κ1) is 23.3. The van der Waals surface area contributed by atoms with Gasteiger partial charge >= 0.3 is 211 Å². The third kappa shape index (κ3) is 4.36. The van der Waals surface area contributed by atoms with Gasteiger partial charge in [0.15, 0.2) is 0 Å². The van der Waals surface area contributed by atoms with E-state index in [0.29, 0.717) is 11.9 Å². The number of benzene rings is 5. The molecular weight excluding hydrogens is 474 g/mol. The van der Waals surface area contributed by atoms with E-state index in [1.807, 2.05) is 91.0 Å². The summed E-state index contributed by atoms with van der Waals surface area (Å²) >= 11 is 8.16. The number of hydrogen-bond acceptors (Lipinski definition) is 1. The van der Waals surface area contributed by atoms with Crippen molar-refractivity contribution in [2.75, 3.05) is 0 Å². The van der Waals surface area contributed by atoms with Crippen LogP contribution in [-0.2, 0) is 6.16 Å². The summed E-state index contributed by atoms with van der Waals surface area (Å²) in [5.41, 5.74) is 0.904. The van der Waals surface area contributed by atoms with Gasteiger partial charge in [-0.3, -0.25) is 0 Å². The summed E-state index contributed by atoms with van der Waals surface area (Å²) in [5.74, 6) is -3.17. The summed E-state index contributed by atoms with van der Waals surface area (Å²) in [6.45, 7) is 0. The van der Waals surface area contributed by atoms with Gasteiger partial charge in [-0.15, -0.1) is 0 Å². The van der Waals surface area contributed by atoms with Crippen LogP contribution in [0, 0.1) is 5.82 Å². The molecule has 0 saturated heterocycles. The van der Waals surface area contributed by atoms with Crippen LogP contribution in [0.4, 0.5) is 4.39 Å². The predicted octanol–water partition coefficient (Wildman–Crippen LogP) is 7.80. The summed E-state index contributed by atoms with van der Waals surface area (Å²) < 4.78 is 20.7. The molecule has 0 N–H and O–H groups in total. The molecule has 0 saturated carbocycles. The number of hydrogen-bond donors (Lipinski definition) is 0. The van der Waals surface area contributed by atoms with E-state index in [9.17, 15) is 4.39 Å². The average Bonchev–Trinajstić information content (AvgIpc) is 2.93. The second-order valence-corrected chi connectivity index (χ2v) is 15.0. The second kappa shape index (κ2) is 9.66. The van der Waals surface area contributed by atoms with E-state index < -0.39 is 11.8 Å². The van der Waals surface area contributed by atoms with Crippen LogP contribution in [-0.4, -0.2) is 0 Å². The van der Waals surface area contributed by atoms with Crippen LogP contribution in [0.5, 0.6) is 11.5 Å². The van der Waals surface area contributed by atoms with Gasteiger partial charge in [0.25, 0.3) is 0 Å². The summed E-state index contributed by atoms with van der Waals surface area (Å²) in [5, 5.41) is 3.19. The van der Waals surface area contributed by atoms with Crippen LogP contribution in [0.2, 0.25) is 0 Å². The van der Waals surface area contributed by atoms with Gasteiger partial charge in [-0.1, -0.05) is 0 Å². The summed E-state index contributed by atoms with van der Waals surface area (Å²) in [4.78, 5) is 0. The van der Waals surface area contributed by atoms with Crippen LogP contribution < -0.4 is 20.7 Å². The van der Waals surface area contributed by atoms with E-state index in [1.165, 1.54) is 6.07 Å². The van der Waals surface area contributed by atoms with Crippen molar-refractivity contribution in [2.45, 2.75) is 6.16 Å². The normalized spacial score (nSPS) is 12.5. The molecular formula is C31H25ClFOP. The molecule has 1 nitrogen and oxygen atoms in total. The SMILES string of the molecule is Fc1ccc(CP(Cl)(c2ccccc2)(c2ccccc2)c2ccccc2)cc1Oc1ccccc1. The minimum atomic E-state index is -3.52. The number of para-hydroxylation sites is 1. The molecule has 5 aromatic carbocycles. The molecule has 0 aromatic heterocycles. The van der Waals surface area contributed by atoms with Crippen molar-refractivity contribution < 1.29 is 9.13 Å². The van der Waals surface area contributed by atoms with Crippen LogP contribution >= 0.6 is 17.2 Å². The van der Waals surface area contributed by atoms with Gasteiger partial charge in [0, 0.05) is 0 Å². The van der Waals surface area contributed by atoms with Crippen LogP contribution in [0.3, 0.4) is 0 Å². The Hall–Kier alpha value is -3.45. The fourth-order valence-electron chi connectivity index (χ4n) is 4.62. The Morgan fingerprint density at radius 3 is 1.46 bits per heavy atom. The van der Waals surface area contributed by atoms with Crippen LogP contribution in [0.1, 0.15) is 5.56 Å². The molecule has 174 valence electrons. The Kier molecular flexibility index (Phi) is 6.43. The Balaban J connectivity index is 1.72. The second-order valence-electron chi connectivity index (χ2n) is 8.53. The Labute approximate surface area is 210 Å². The van der Waals surface area contributed by atoms with Gasteiger partial charge in [0.1, 0.15) is 0 Å². The molecule has 35 heavy (non-hydrogen) atoms. The van der Waals surface area contributed by atoms with Gasteiger partial charge in [-0.25, -0.2) is 0 Å². The van der Waals surface area contributed by atoms with E-state index in [0.717, 1.165) is 21.5 Å².